The largest absolute Gasteiger partial charge is 0.501 e. The van der Waals surface area contributed by atoms with E-state index in [1.54, 1.807) is 0 Å². The number of hydrogen-bond donors (Lipinski definition) is 1. The van der Waals surface area contributed by atoms with Crippen molar-refractivity contribution >= 4 is 17.4 Å². The molecular formula is C9H7ClN2O3. The van der Waals surface area contributed by atoms with Crippen molar-refractivity contribution in [3.63, 3.8) is 0 Å². The molecule has 1 heterocycles. The lowest BCUT2D eigenvalue weighted by atomic mass is 10.3. The molecule has 0 saturated carbocycles. The van der Waals surface area contributed by atoms with Crippen molar-refractivity contribution in [3.05, 3.63) is 27.9 Å². The summed E-state index contributed by atoms with van der Waals surface area (Å²) in [5, 5.41) is 19.5. The predicted octanol–water partition coefficient (Wildman–Crippen LogP) is 1.68. The molecule has 0 saturated heterocycles. The number of alkyl halides is 1. The summed E-state index contributed by atoms with van der Waals surface area (Å²) in [6.45, 7) is 0. The second-order valence-electron chi connectivity index (χ2n) is 2.54. The Labute approximate surface area is 90.9 Å². The summed E-state index contributed by atoms with van der Waals surface area (Å²) in [6, 6.07) is 2.60. The number of hydrogen-bond acceptors (Lipinski definition) is 4. The molecule has 0 atom stereocenters. The summed E-state index contributed by atoms with van der Waals surface area (Å²) in [5.41, 5.74) is 0.240. The molecule has 5 nitrogen and oxygen atoms in total. The Hall–Kier alpha value is -1.80. The van der Waals surface area contributed by atoms with Gasteiger partial charge in [0, 0.05) is 18.4 Å². The second-order valence-corrected chi connectivity index (χ2v) is 2.92. The summed E-state index contributed by atoms with van der Waals surface area (Å²) in [6.07, 6.45) is 0.484. The molecule has 0 fully saturated rings. The van der Waals surface area contributed by atoms with Gasteiger partial charge in [0.1, 0.15) is 0 Å². The highest BCUT2D eigenvalue weighted by molar-refractivity contribution is 6.18. The average Bonchev–Trinajstić information content (AvgIpc) is 2.20. The number of pyridine rings is 1. The first-order valence-corrected chi connectivity index (χ1v) is 4.58. The van der Waals surface area contributed by atoms with E-state index in [2.05, 4.69) is 16.8 Å². The molecule has 0 amide bonds. The fourth-order valence-corrected chi connectivity index (χ4v) is 0.940. The van der Waals surface area contributed by atoms with E-state index in [1.165, 1.54) is 12.1 Å². The summed E-state index contributed by atoms with van der Waals surface area (Å²) < 4.78 is 0. The molecule has 15 heavy (non-hydrogen) atoms. The van der Waals surface area contributed by atoms with E-state index >= 15 is 0 Å². The van der Waals surface area contributed by atoms with Gasteiger partial charge in [-0.15, -0.1) is 11.6 Å². The van der Waals surface area contributed by atoms with Crippen LogP contribution < -0.4 is 0 Å². The third-order valence-corrected chi connectivity index (χ3v) is 1.65. The Morgan fingerprint density at radius 1 is 1.60 bits per heavy atom. The van der Waals surface area contributed by atoms with Crippen molar-refractivity contribution in [3.8, 4) is 17.6 Å². The van der Waals surface area contributed by atoms with Gasteiger partial charge in [-0.2, -0.15) is 0 Å². The van der Waals surface area contributed by atoms with Gasteiger partial charge in [0.05, 0.1) is 0 Å². The maximum Gasteiger partial charge on any atom is 0.407 e. The highest BCUT2D eigenvalue weighted by Gasteiger charge is 2.15. The van der Waals surface area contributed by atoms with E-state index < -0.39 is 16.5 Å². The van der Waals surface area contributed by atoms with Gasteiger partial charge in [-0.3, -0.25) is 0 Å². The molecule has 0 unspecified atom stereocenters. The molecular weight excluding hydrogens is 220 g/mol. The minimum atomic E-state index is -0.762. The van der Waals surface area contributed by atoms with Gasteiger partial charge < -0.3 is 15.2 Å². The Morgan fingerprint density at radius 3 is 2.93 bits per heavy atom. The van der Waals surface area contributed by atoms with Crippen LogP contribution in [-0.4, -0.2) is 20.9 Å². The first-order valence-electron chi connectivity index (χ1n) is 4.04. The monoisotopic (exact) mass is 226 g/mol. The molecule has 1 aromatic heterocycles. The fourth-order valence-electron chi connectivity index (χ4n) is 0.845. The van der Waals surface area contributed by atoms with Crippen molar-refractivity contribution in [1.82, 2.24) is 4.98 Å². The van der Waals surface area contributed by atoms with E-state index in [-0.39, 0.29) is 5.69 Å². The lowest BCUT2D eigenvalue weighted by molar-refractivity contribution is -0.390. The minimum Gasteiger partial charge on any atom is -0.501 e. The van der Waals surface area contributed by atoms with Gasteiger partial charge in [-0.05, 0) is 21.9 Å². The Bertz CT molecular complexity index is 437. The SMILES string of the molecule is O=[N+]([O-])c1nc(C#CCCCl)ccc1O. The molecule has 0 aromatic carbocycles. The lowest BCUT2D eigenvalue weighted by Gasteiger charge is -1.94. The van der Waals surface area contributed by atoms with Gasteiger partial charge in [-0.25, -0.2) is 0 Å². The number of rotatable bonds is 2. The fraction of sp³-hybridized carbons (Fsp3) is 0.222. The van der Waals surface area contributed by atoms with Gasteiger partial charge in [-0.1, -0.05) is 5.92 Å². The van der Waals surface area contributed by atoms with Crippen molar-refractivity contribution < 1.29 is 10.0 Å². The Kier molecular flexibility index (Phi) is 3.89. The van der Waals surface area contributed by atoms with Crippen LogP contribution in [0.3, 0.4) is 0 Å². The zero-order valence-electron chi connectivity index (χ0n) is 7.61. The van der Waals surface area contributed by atoms with Crippen molar-refractivity contribution in [2.24, 2.45) is 0 Å². The summed E-state index contributed by atoms with van der Waals surface area (Å²) in [7, 11) is 0. The van der Waals surface area contributed by atoms with Gasteiger partial charge in [0.25, 0.3) is 0 Å². The quantitative estimate of drug-likeness (QED) is 0.360. The average molecular weight is 227 g/mol. The molecule has 1 N–H and O–H groups in total. The summed E-state index contributed by atoms with van der Waals surface area (Å²) in [5.74, 6) is 4.63. The number of aromatic hydroxyl groups is 1. The third-order valence-electron chi connectivity index (χ3n) is 1.46. The third kappa shape index (κ3) is 3.11. The Morgan fingerprint density at radius 2 is 2.33 bits per heavy atom. The van der Waals surface area contributed by atoms with Crippen LogP contribution in [0, 0.1) is 22.0 Å². The van der Waals surface area contributed by atoms with Crippen LogP contribution in [0.5, 0.6) is 5.75 Å². The molecule has 0 aliphatic heterocycles. The highest BCUT2D eigenvalue weighted by Crippen LogP contribution is 2.21. The topological polar surface area (TPSA) is 76.3 Å². The first-order chi connectivity index (χ1) is 7.15. The zero-order chi connectivity index (χ0) is 11.3. The maximum absolute atomic E-state index is 10.4. The minimum absolute atomic E-state index is 0.240. The zero-order valence-corrected chi connectivity index (χ0v) is 8.36. The molecule has 0 radical (unpaired) electrons. The van der Waals surface area contributed by atoms with Crippen LogP contribution in [0.25, 0.3) is 0 Å². The van der Waals surface area contributed by atoms with Crippen molar-refractivity contribution in [2.45, 2.75) is 6.42 Å². The molecule has 6 heteroatoms. The van der Waals surface area contributed by atoms with Crippen LogP contribution in [0.1, 0.15) is 12.1 Å². The van der Waals surface area contributed by atoms with Crippen LogP contribution in [0.4, 0.5) is 5.82 Å². The predicted molar refractivity (Wildman–Crippen MR) is 54.8 cm³/mol. The van der Waals surface area contributed by atoms with Gasteiger partial charge in [0.15, 0.2) is 0 Å². The van der Waals surface area contributed by atoms with E-state index in [0.717, 1.165) is 0 Å². The molecule has 0 aliphatic carbocycles. The van der Waals surface area contributed by atoms with E-state index in [4.69, 9.17) is 16.7 Å². The molecule has 0 spiro atoms. The summed E-state index contributed by atoms with van der Waals surface area (Å²) >= 11 is 5.40. The molecule has 1 rings (SSSR count). The first kappa shape index (κ1) is 11.3. The van der Waals surface area contributed by atoms with Crippen LogP contribution in [0.2, 0.25) is 0 Å². The molecule has 0 aliphatic rings. The second kappa shape index (κ2) is 5.17. The van der Waals surface area contributed by atoms with Crippen LogP contribution in [-0.2, 0) is 0 Å². The van der Waals surface area contributed by atoms with Gasteiger partial charge >= 0.3 is 5.82 Å². The van der Waals surface area contributed by atoms with E-state index in [9.17, 15) is 10.1 Å². The molecule has 1 aromatic rings. The van der Waals surface area contributed by atoms with Crippen LogP contribution >= 0.6 is 11.6 Å². The summed E-state index contributed by atoms with van der Waals surface area (Å²) in [4.78, 5) is 13.2. The smallest absolute Gasteiger partial charge is 0.407 e. The Balaban J connectivity index is 2.99. The highest BCUT2D eigenvalue weighted by atomic mass is 35.5. The lowest BCUT2D eigenvalue weighted by Crippen LogP contribution is -1.94. The van der Waals surface area contributed by atoms with Crippen molar-refractivity contribution in [1.29, 1.82) is 0 Å². The van der Waals surface area contributed by atoms with E-state index in [0.29, 0.717) is 12.3 Å². The molecule has 78 valence electrons. The number of aromatic nitrogens is 1. The molecule has 0 bridgehead atoms. The standard InChI is InChI=1S/C9H7ClN2O3/c10-6-2-1-3-7-4-5-8(13)9(11-7)12(14)15/h4-5,13H,2,6H2. The normalized spacial score (nSPS) is 9.13. The number of nitrogens with zero attached hydrogens (tertiary/aromatic N) is 2. The van der Waals surface area contributed by atoms with Crippen molar-refractivity contribution in [2.75, 3.05) is 5.88 Å². The number of nitro groups is 1. The van der Waals surface area contributed by atoms with Crippen LogP contribution in [0.15, 0.2) is 12.1 Å². The van der Waals surface area contributed by atoms with Gasteiger partial charge in [0.2, 0.25) is 11.4 Å². The number of halogens is 1. The van der Waals surface area contributed by atoms with E-state index in [1.807, 2.05) is 0 Å². The maximum atomic E-state index is 10.4.